The van der Waals surface area contributed by atoms with Crippen molar-refractivity contribution in [2.45, 2.75) is 26.3 Å². The Bertz CT molecular complexity index is 1220. The molecule has 2 aromatic carbocycles. The molecule has 0 unspecified atom stereocenters. The largest absolute Gasteiger partial charge is 0.365 e. The highest BCUT2D eigenvalue weighted by Crippen LogP contribution is 2.40. The van der Waals surface area contributed by atoms with Crippen molar-refractivity contribution < 1.29 is 18.8 Å². The van der Waals surface area contributed by atoms with E-state index in [0.717, 1.165) is 21.7 Å². The van der Waals surface area contributed by atoms with Gasteiger partial charge in [-0.2, -0.15) is 0 Å². The molecule has 0 aliphatic carbocycles. The van der Waals surface area contributed by atoms with Crippen molar-refractivity contribution in [2.24, 2.45) is 0 Å². The van der Waals surface area contributed by atoms with Gasteiger partial charge in [-0.25, -0.2) is 4.39 Å². The zero-order valence-corrected chi connectivity index (χ0v) is 19.6. The molecule has 170 valence electrons. The van der Waals surface area contributed by atoms with E-state index in [1.807, 2.05) is 24.9 Å². The minimum atomic E-state index is -0.615. The third-order valence-electron chi connectivity index (χ3n) is 5.85. The summed E-state index contributed by atoms with van der Waals surface area (Å²) in [6.07, 6.45) is 3.49. The van der Waals surface area contributed by atoms with Crippen LogP contribution in [0, 0.1) is 5.82 Å². The quantitative estimate of drug-likeness (QED) is 0.634. The zero-order valence-electron chi connectivity index (χ0n) is 18.8. The van der Waals surface area contributed by atoms with E-state index in [-0.39, 0.29) is 16.0 Å². The normalized spacial score (nSPS) is 18.5. The first-order valence-corrected chi connectivity index (χ1v) is 11.3. The summed E-state index contributed by atoms with van der Waals surface area (Å²) in [7, 11) is 1.91. The molecule has 2 aliphatic rings. The van der Waals surface area contributed by atoms with Crippen LogP contribution in [-0.2, 0) is 9.59 Å². The molecule has 1 saturated heterocycles. The lowest BCUT2D eigenvalue weighted by Gasteiger charge is -2.40. The van der Waals surface area contributed by atoms with Gasteiger partial charge in [0, 0.05) is 29.5 Å². The van der Waals surface area contributed by atoms with Gasteiger partial charge in [-0.3, -0.25) is 19.3 Å². The number of para-hydroxylation sites is 1. The van der Waals surface area contributed by atoms with Crippen molar-refractivity contribution in [1.29, 1.82) is 0 Å². The van der Waals surface area contributed by atoms with Crippen LogP contribution < -0.4 is 10.2 Å². The molecule has 0 bridgehead atoms. The number of halogens is 1. The van der Waals surface area contributed by atoms with Crippen LogP contribution in [0.2, 0.25) is 0 Å². The van der Waals surface area contributed by atoms with Gasteiger partial charge < -0.3 is 10.2 Å². The van der Waals surface area contributed by atoms with E-state index in [1.54, 1.807) is 30.3 Å². The first kappa shape index (κ1) is 22.8. The van der Waals surface area contributed by atoms with E-state index in [1.165, 1.54) is 12.1 Å². The number of amides is 3. The minimum absolute atomic E-state index is 0.0810. The SMILES string of the molecule is CC1=CC(C)(C)N(C)c2cc(F)c(/C=C3/SC(=O)N(CC(=O)Nc4ccccc4)C3=O)cc21. The van der Waals surface area contributed by atoms with E-state index < -0.39 is 29.4 Å². The van der Waals surface area contributed by atoms with Crippen LogP contribution in [0.1, 0.15) is 31.9 Å². The van der Waals surface area contributed by atoms with Gasteiger partial charge in [-0.15, -0.1) is 0 Å². The zero-order chi connectivity index (χ0) is 23.9. The first-order chi connectivity index (χ1) is 15.6. The number of carbonyl (C=O) groups is 3. The van der Waals surface area contributed by atoms with Gasteiger partial charge in [-0.05, 0) is 68.4 Å². The van der Waals surface area contributed by atoms with Gasteiger partial charge in [-0.1, -0.05) is 24.3 Å². The molecule has 1 N–H and O–H groups in total. The molecule has 1 fully saturated rings. The molecule has 2 aromatic rings. The summed E-state index contributed by atoms with van der Waals surface area (Å²) >= 11 is 0.699. The van der Waals surface area contributed by atoms with Crippen molar-refractivity contribution >= 4 is 51.8 Å². The molecule has 4 rings (SSSR count). The van der Waals surface area contributed by atoms with Gasteiger partial charge in [0.25, 0.3) is 11.1 Å². The number of imide groups is 1. The maximum absolute atomic E-state index is 15.0. The second-order valence-electron chi connectivity index (χ2n) is 8.61. The number of thioether (sulfide) groups is 1. The Morgan fingerprint density at radius 3 is 2.58 bits per heavy atom. The molecular formula is C25H24FN3O3S. The second kappa shape index (κ2) is 8.51. The van der Waals surface area contributed by atoms with Crippen LogP contribution in [-0.4, -0.2) is 41.1 Å². The van der Waals surface area contributed by atoms with Crippen LogP contribution in [0.3, 0.4) is 0 Å². The molecule has 0 radical (unpaired) electrons. The molecular weight excluding hydrogens is 441 g/mol. The molecule has 0 spiro atoms. The third-order valence-corrected chi connectivity index (χ3v) is 6.76. The van der Waals surface area contributed by atoms with E-state index in [9.17, 15) is 18.8 Å². The molecule has 8 heteroatoms. The van der Waals surface area contributed by atoms with Gasteiger partial charge in [0.1, 0.15) is 12.4 Å². The number of rotatable bonds is 4. The topological polar surface area (TPSA) is 69.7 Å². The Morgan fingerprint density at radius 2 is 1.88 bits per heavy atom. The fraction of sp³-hybridized carbons (Fsp3) is 0.240. The molecule has 2 heterocycles. The lowest BCUT2D eigenvalue weighted by atomic mass is 9.88. The lowest BCUT2D eigenvalue weighted by Crippen LogP contribution is -2.42. The predicted molar refractivity (Wildman–Crippen MR) is 130 cm³/mol. The van der Waals surface area contributed by atoms with E-state index >= 15 is 0 Å². The Labute approximate surface area is 196 Å². The summed E-state index contributed by atoms with van der Waals surface area (Å²) in [6.45, 7) is 5.66. The third kappa shape index (κ3) is 4.43. The van der Waals surface area contributed by atoms with Crippen LogP contribution in [0.25, 0.3) is 11.6 Å². The summed E-state index contributed by atoms with van der Waals surface area (Å²) in [4.78, 5) is 40.5. The van der Waals surface area contributed by atoms with Crippen LogP contribution in [0.4, 0.5) is 20.6 Å². The number of likely N-dealkylation sites (N-methyl/N-ethyl adjacent to an activating group) is 1. The highest BCUT2D eigenvalue weighted by atomic mass is 32.2. The van der Waals surface area contributed by atoms with Crippen LogP contribution in [0.5, 0.6) is 0 Å². The average molecular weight is 466 g/mol. The van der Waals surface area contributed by atoms with Gasteiger partial charge in [0.15, 0.2) is 0 Å². The standard InChI is InChI=1S/C25H24FN3O3S/c1-15-13-25(2,3)28(4)20-12-19(26)16(10-18(15)20)11-21-23(31)29(24(32)33-21)14-22(30)27-17-8-6-5-7-9-17/h5-13H,14H2,1-4H3,(H,27,30)/b21-11+. The molecule has 0 saturated carbocycles. The highest BCUT2D eigenvalue weighted by molar-refractivity contribution is 8.18. The summed E-state index contributed by atoms with van der Waals surface area (Å²) < 4.78 is 15.0. The number of hydrogen-bond donors (Lipinski definition) is 1. The molecule has 33 heavy (non-hydrogen) atoms. The number of nitrogens with zero attached hydrogens (tertiary/aromatic N) is 2. The minimum Gasteiger partial charge on any atom is -0.365 e. The summed E-state index contributed by atoms with van der Waals surface area (Å²) in [6, 6.07) is 11.9. The maximum atomic E-state index is 15.0. The average Bonchev–Trinajstić information content (AvgIpc) is 3.01. The van der Waals surface area contributed by atoms with Crippen molar-refractivity contribution in [1.82, 2.24) is 4.90 Å². The first-order valence-electron chi connectivity index (χ1n) is 10.4. The van der Waals surface area contributed by atoms with Crippen LogP contribution >= 0.6 is 11.8 Å². The van der Waals surface area contributed by atoms with Crippen LogP contribution in [0.15, 0.2) is 53.4 Å². The van der Waals surface area contributed by atoms with Gasteiger partial charge >= 0.3 is 0 Å². The van der Waals surface area contributed by atoms with Crippen molar-refractivity contribution in [3.63, 3.8) is 0 Å². The number of benzene rings is 2. The number of hydrogen-bond acceptors (Lipinski definition) is 5. The van der Waals surface area contributed by atoms with Gasteiger partial charge in [0.05, 0.1) is 10.4 Å². The fourth-order valence-electron chi connectivity index (χ4n) is 3.94. The van der Waals surface area contributed by atoms with Gasteiger partial charge in [0.2, 0.25) is 5.91 Å². The molecule has 0 atom stereocenters. The Balaban J connectivity index is 1.57. The van der Waals surface area contributed by atoms with E-state index in [2.05, 4.69) is 25.2 Å². The monoisotopic (exact) mass is 465 g/mol. The maximum Gasteiger partial charge on any atom is 0.294 e. The number of anilines is 2. The molecule has 2 aliphatic heterocycles. The van der Waals surface area contributed by atoms with Crippen molar-refractivity contribution in [3.05, 3.63) is 70.4 Å². The summed E-state index contributed by atoms with van der Waals surface area (Å²) in [5, 5.41) is 2.08. The Kier molecular flexibility index (Phi) is 5.88. The second-order valence-corrected chi connectivity index (χ2v) is 9.61. The fourth-order valence-corrected chi connectivity index (χ4v) is 4.77. The van der Waals surface area contributed by atoms with E-state index in [0.29, 0.717) is 17.4 Å². The lowest BCUT2D eigenvalue weighted by molar-refractivity contribution is -0.127. The number of nitrogens with one attached hydrogen (secondary N) is 1. The predicted octanol–water partition coefficient (Wildman–Crippen LogP) is 5.13. The Morgan fingerprint density at radius 1 is 1.18 bits per heavy atom. The smallest absolute Gasteiger partial charge is 0.294 e. The van der Waals surface area contributed by atoms with Crippen molar-refractivity contribution in [3.8, 4) is 0 Å². The highest BCUT2D eigenvalue weighted by Gasteiger charge is 2.37. The number of fused-ring (bicyclic) bond motifs is 1. The van der Waals surface area contributed by atoms with Crippen molar-refractivity contribution in [2.75, 3.05) is 23.8 Å². The molecule has 0 aromatic heterocycles. The molecule has 6 nitrogen and oxygen atoms in total. The van der Waals surface area contributed by atoms with E-state index in [4.69, 9.17) is 0 Å². The Hall–Kier alpha value is -3.39. The number of allylic oxidation sites excluding steroid dienone is 1. The molecule has 3 amide bonds. The number of carbonyl (C=O) groups excluding carboxylic acids is 3. The summed E-state index contributed by atoms with van der Waals surface area (Å²) in [5.41, 5.74) is 3.17. The summed E-state index contributed by atoms with van der Waals surface area (Å²) in [5.74, 6) is -1.59.